The van der Waals surface area contributed by atoms with Crippen molar-refractivity contribution in [3.05, 3.63) is 52.0 Å². The largest absolute Gasteiger partial charge is 0.340 e. The van der Waals surface area contributed by atoms with Gasteiger partial charge in [-0.2, -0.15) is 0 Å². The van der Waals surface area contributed by atoms with Gasteiger partial charge < -0.3 is 9.47 Å². The molecule has 0 atom stereocenters. The zero-order valence-corrected chi connectivity index (χ0v) is 13.5. The second kappa shape index (κ2) is 5.30. The Bertz CT molecular complexity index is 708. The summed E-state index contributed by atoms with van der Waals surface area (Å²) in [7, 11) is 0. The van der Waals surface area contributed by atoms with Crippen LogP contribution in [0.4, 0.5) is 10.1 Å². The van der Waals surface area contributed by atoms with Crippen LogP contribution in [0.2, 0.25) is 0 Å². The number of hydrogen-bond donors (Lipinski definition) is 0. The second-order valence-electron chi connectivity index (χ2n) is 5.52. The summed E-state index contributed by atoms with van der Waals surface area (Å²) in [4.78, 5) is 14.5. The molecule has 5 heteroatoms. The highest BCUT2D eigenvalue weighted by molar-refractivity contribution is 9.10. The SMILES string of the molecule is CC(C)n1cc(Br)cc1C(=O)N1CCc2ccc(F)cc21. The van der Waals surface area contributed by atoms with E-state index in [0.29, 0.717) is 17.9 Å². The maximum atomic E-state index is 13.5. The van der Waals surface area contributed by atoms with Crippen LogP contribution in [-0.2, 0) is 6.42 Å². The van der Waals surface area contributed by atoms with Gasteiger partial charge in [-0.15, -0.1) is 0 Å². The Morgan fingerprint density at radius 1 is 1.33 bits per heavy atom. The van der Waals surface area contributed by atoms with Crippen LogP contribution in [0.5, 0.6) is 0 Å². The predicted octanol–water partition coefficient (Wildman–Crippen LogP) is 4.17. The molecule has 21 heavy (non-hydrogen) atoms. The summed E-state index contributed by atoms with van der Waals surface area (Å²) in [6.45, 7) is 4.65. The summed E-state index contributed by atoms with van der Waals surface area (Å²) < 4.78 is 16.3. The van der Waals surface area contributed by atoms with Crippen LogP contribution in [0, 0.1) is 5.82 Å². The van der Waals surface area contributed by atoms with E-state index >= 15 is 0 Å². The van der Waals surface area contributed by atoms with Crippen molar-refractivity contribution in [1.29, 1.82) is 0 Å². The van der Waals surface area contributed by atoms with Crippen molar-refractivity contribution in [2.24, 2.45) is 0 Å². The van der Waals surface area contributed by atoms with Crippen molar-refractivity contribution >= 4 is 27.5 Å². The number of rotatable bonds is 2. The van der Waals surface area contributed by atoms with Gasteiger partial charge in [0.1, 0.15) is 11.5 Å². The van der Waals surface area contributed by atoms with Crippen molar-refractivity contribution in [2.45, 2.75) is 26.3 Å². The van der Waals surface area contributed by atoms with Gasteiger partial charge >= 0.3 is 0 Å². The number of benzene rings is 1. The van der Waals surface area contributed by atoms with E-state index in [-0.39, 0.29) is 17.8 Å². The van der Waals surface area contributed by atoms with Gasteiger partial charge in [0, 0.05) is 23.3 Å². The predicted molar refractivity (Wildman–Crippen MR) is 84.3 cm³/mol. The number of fused-ring (bicyclic) bond motifs is 1. The van der Waals surface area contributed by atoms with E-state index in [2.05, 4.69) is 15.9 Å². The highest BCUT2D eigenvalue weighted by atomic mass is 79.9. The molecule has 0 bridgehead atoms. The molecular formula is C16H16BrFN2O. The first-order chi connectivity index (χ1) is 9.97. The fourth-order valence-corrected chi connectivity index (χ4v) is 3.18. The molecule has 1 aromatic heterocycles. The molecule has 0 spiro atoms. The molecule has 0 aliphatic carbocycles. The molecule has 2 aromatic rings. The average Bonchev–Trinajstić information content (AvgIpc) is 3.01. The molecule has 0 N–H and O–H groups in total. The Kier molecular flexibility index (Phi) is 3.61. The lowest BCUT2D eigenvalue weighted by Crippen LogP contribution is -2.31. The Labute approximate surface area is 131 Å². The first-order valence-corrected chi connectivity index (χ1v) is 7.74. The molecule has 0 radical (unpaired) electrons. The first-order valence-electron chi connectivity index (χ1n) is 6.95. The molecule has 0 fully saturated rings. The Morgan fingerprint density at radius 3 is 2.81 bits per heavy atom. The van der Waals surface area contributed by atoms with Crippen LogP contribution < -0.4 is 4.90 Å². The minimum absolute atomic E-state index is 0.0845. The van der Waals surface area contributed by atoms with Gasteiger partial charge in [-0.1, -0.05) is 6.07 Å². The monoisotopic (exact) mass is 350 g/mol. The molecule has 2 heterocycles. The van der Waals surface area contributed by atoms with Gasteiger partial charge in [-0.3, -0.25) is 4.79 Å². The number of halogens is 2. The number of amides is 1. The van der Waals surface area contributed by atoms with E-state index in [1.165, 1.54) is 12.1 Å². The van der Waals surface area contributed by atoms with Gasteiger partial charge in [-0.25, -0.2) is 4.39 Å². The van der Waals surface area contributed by atoms with Gasteiger partial charge in [0.15, 0.2) is 0 Å². The lowest BCUT2D eigenvalue weighted by molar-refractivity contribution is 0.0979. The summed E-state index contributed by atoms with van der Waals surface area (Å²) in [6.07, 6.45) is 2.67. The topological polar surface area (TPSA) is 25.2 Å². The van der Waals surface area contributed by atoms with E-state index in [4.69, 9.17) is 0 Å². The number of anilines is 1. The summed E-state index contributed by atoms with van der Waals surface area (Å²) in [5.74, 6) is -0.396. The molecule has 0 unspecified atom stereocenters. The summed E-state index contributed by atoms with van der Waals surface area (Å²) in [5, 5.41) is 0. The minimum Gasteiger partial charge on any atom is -0.340 e. The Hall–Kier alpha value is -1.62. The van der Waals surface area contributed by atoms with Crippen molar-refractivity contribution in [3.63, 3.8) is 0 Å². The van der Waals surface area contributed by atoms with Crippen molar-refractivity contribution in [3.8, 4) is 0 Å². The van der Waals surface area contributed by atoms with Crippen LogP contribution in [0.3, 0.4) is 0 Å². The lowest BCUT2D eigenvalue weighted by Gasteiger charge is -2.20. The van der Waals surface area contributed by atoms with Gasteiger partial charge in [0.2, 0.25) is 0 Å². The molecule has 0 saturated heterocycles. The molecule has 3 nitrogen and oxygen atoms in total. The van der Waals surface area contributed by atoms with Crippen LogP contribution in [0.15, 0.2) is 34.9 Å². The zero-order valence-electron chi connectivity index (χ0n) is 11.9. The number of hydrogen-bond acceptors (Lipinski definition) is 1. The maximum absolute atomic E-state index is 13.5. The number of nitrogens with zero attached hydrogens (tertiary/aromatic N) is 2. The highest BCUT2D eigenvalue weighted by Crippen LogP contribution is 2.31. The first kappa shape index (κ1) is 14.3. The minimum atomic E-state index is -0.311. The third kappa shape index (κ3) is 2.50. The standard InChI is InChI=1S/C16H16BrFN2O/c1-10(2)20-9-12(17)7-15(20)16(21)19-6-5-11-3-4-13(18)8-14(11)19/h3-4,7-10H,5-6H2,1-2H3. The number of carbonyl (C=O) groups is 1. The van der Waals surface area contributed by atoms with E-state index in [9.17, 15) is 9.18 Å². The van der Waals surface area contributed by atoms with Crippen LogP contribution in [-0.4, -0.2) is 17.0 Å². The average molecular weight is 351 g/mol. The molecule has 1 aliphatic heterocycles. The molecular weight excluding hydrogens is 335 g/mol. The van der Waals surface area contributed by atoms with Crippen molar-refractivity contribution in [1.82, 2.24) is 4.57 Å². The molecule has 1 amide bonds. The van der Waals surface area contributed by atoms with Crippen LogP contribution in [0.25, 0.3) is 0 Å². The van der Waals surface area contributed by atoms with Crippen LogP contribution in [0.1, 0.15) is 35.9 Å². The molecule has 1 aromatic carbocycles. The van der Waals surface area contributed by atoms with Gasteiger partial charge in [0.25, 0.3) is 5.91 Å². The van der Waals surface area contributed by atoms with Gasteiger partial charge in [0.05, 0.1) is 5.69 Å². The Balaban J connectivity index is 2.00. The smallest absolute Gasteiger partial charge is 0.274 e. The van der Waals surface area contributed by atoms with E-state index < -0.39 is 0 Å². The van der Waals surface area contributed by atoms with Gasteiger partial charge in [-0.05, 0) is 60.0 Å². The fraction of sp³-hybridized carbons (Fsp3) is 0.312. The summed E-state index contributed by atoms with van der Waals surface area (Å²) in [5.41, 5.74) is 2.33. The number of carbonyl (C=O) groups excluding carboxylic acids is 1. The lowest BCUT2D eigenvalue weighted by atomic mass is 10.1. The highest BCUT2D eigenvalue weighted by Gasteiger charge is 2.28. The van der Waals surface area contributed by atoms with Crippen molar-refractivity contribution in [2.75, 3.05) is 11.4 Å². The number of aromatic nitrogens is 1. The van der Waals surface area contributed by atoms with E-state index in [0.717, 1.165) is 16.5 Å². The maximum Gasteiger partial charge on any atom is 0.274 e. The Morgan fingerprint density at radius 2 is 2.10 bits per heavy atom. The molecule has 0 saturated carbocycles. The summed E-state index contributed by atoms with van der Waals surface area (Å²) >= 11 is 3.42. The van der Waals surface area contributed by atoms with E-state index in [1.54, 1.807) is 11.0 Å². The third-order valence-corrected chi connectivity index (χ3v) is 4.21. The molecule has 110 valence electrons. The van der Waals surface area contributed by atoms with Crippen molar-refractivity contribution < 1.29 is 9.18 Å². The van der Waals surface area contributed by atoms with E-state index in [1.807, 2.05) is 30.7 Å². The quantitative estimate of drug-likeness (QED) is 0.797. The fourth-order valence-electron chi connectivity index (χ4n) is 2.75. The molecule has 1 aliphatic rings. The normalized spacial score (nSPS) is 13.9. The molecule has 3 rings (SSSR count). The third-order valence-electron chi connectivity index (χ3n) is 3.78. The summed E-state index contributed by atoms with van der Waals surface area (Å²) in [6, 6.07) is 6.65. The zero-order chi connectivity index (χ0) is 15.1. The van der Waals surface area contributed by atoms with Crippen LogP contribution >= 0.6 is 15.9 Å². The second-order valence-corrected chi connectivity index (χ2v) is 6.44.